The summed E-state index contributed by atoms with van der Waals surface area (Å²) in [5.74, 6) is -0.0467. The van der Waals surface area contributed by atoms with Gasteiger partial charge in [-0.25, -0.2) is 0 Å². The summed E-state index contributed by atoms with van der Waals surface area (Å²) in [5.41, 5.74) is 1.89. The first-order valence-corrected chi connectivity index (χ1v) is 9.24. The van der Waals surface area contributed by atoms with E-state index in [9.17, 15) is 4.79 Å². The molecule has 2 aromatic carbocycles. The van der Waals surface area contributed by atoms with Crippen LogP contribution in [0.3, 0.4) is 0 Å². The molecule has 0 aromatic heterocycles. The number of amidine groups is 1. The van der Waals surface area contributed by atoms with Crippen molar-refractivity contribution in [3.05, 3.63) is 69.2 Å². The molecule has 1 saturated heterocycles. The highest BCUT2D eigenvalue weighted by atomic mass is 79.9. The number of amides is 1. The zero-order chi connectivity index (χ0) is 16.9. The molecule has 122 valence electrons. The van der Waals surface area contributed by atoms with Gasteiger partial charge in [-0.15, -0.1) is 5.10 Å². The van der Waals surface area contributed by atoms with Crippen molar-refractivity contribution in [2.24, 2.45) is 10.2 Å². The third kappa shape index (κ3) is 4.47. The molecule has 1 atom stereocenters. The van der Waals surface area contributed by atoms with E-state index in [-0.39, 0.29) is 11.2 Å². The Morgan fingerprint density at radius 3 is 2.71 bits per heavy atom. The molecule has 4 nitrogen and oxygen atoms in total. The maximum absolute atomic E-state index is 12.0. The Bertz CT molecular complexity index is 808. The number of benzene rings is 2. The number of hydrogen-bond donors (Lipinski definition) is 1. The van der Waals surface area contributed by atoms with Crippen molar-refractivity contribution in [2.45, 2.75) is 11.7 Å². The van der Waals surface area contributed by atoms with Gasteiger partial charge < -0.3 is 5.32 Å². The fraction of sp³-hybridized carbons (Fsp3) is 0.118. The molecule has 0 bridgehead atoms. The first-order valence-electron chi connectivity index (χ1n) is 7.19. The van der Waals surface area contributed by atoms with Crippen LogP contribution in [0.25, 0.3) is 0 Å². The second-order valence-corrected chi connectivity index (χ2v) is 7.61. The van der Waals surface area contributed by atoms with Crippen molar-refractivity contribution in [1.29, 1.82) is 0 Å². The summed E-state index contributed by atoms with van der Waals surface area (Å²) in [5, 5.41) is 11.8. The molecule has 7 heteroatoms. The lowest BCUT2D eigenvalue weighted by atomic mass is 10.1. The van der Waals surface area contributed by atoms with Crippen LogP contribution in [0, 0.1) is 0 Å². The average Bonchev–Trinajstić information content (AvgIpc) is 2.91. The maximum Gasteiger partial charge on any atom is 0.239 e. The van der Waals surface area contributed by atoms with Crippen molar-refractivity contribution in [3.63, 3.8) is 0 Å². The molecule has 0 aliphatic carbocycles. The molecule has 2 aromatic rings. The van der Waals surface area contributed by atoms with E-state index in [2.05, 4.69) is 31.4 Å². The lowest BCUT2D eigenvalue weighted by molar-refractivity contribution is -0.118. The van der Waals surface area contributed by atoms with Crippen LogP contribution in [-0.4, -0.2) is 22.5 Å². The van der Waals surface area contributed by atoms with E-state index < -0.39 is 0 Å². The SMILES string of the molecule is O=C1NC(=NN=Cc2ccccc2Cl)SC1Cc1ccc(Br)cc1. The minimum atomic E-state index is -0.194. The van der Waals surface area contributed by atoms with Gasteiger partial charge in [-0.2, -0.15) is 5.10 Å². The maximum atomic E-state index is 12.0. The zero-order valence-corrected chi connectivity index (χ0v) is 15.6. The third-order valence-electron chi connectivity index (χ3n) is 3.36. The fourth-order valence-electron chi connectivity index (χ4n) is 2.14. The van der Waals surface area contributed by atoms with Crippen molar-refractivity contribution in [1.82, 2.24) is 5.32 Å². The number of nitrogens with zero attached hydrogens (tertiary/aromatic N) is 2. The van der Waals surface area contributed by atoms with Crippen LogP contribution in [0.5, 0.6) is 0 Å². The van der Waals surface area contributed by atoms with Crippen LogP contribution >= 0.6 is 39.3 Å². The Morgan fingerprint density at radius 2 is 1.96 bits per heavy atom. The molecule has 0 saturated carbocycles. The molecule has 24 heavy (non-hydrogen) atoms. The minimum Gasteiger partial charge on any atom is -0.303 e. The van der Waals surface area contributed by atoms with Crippen LogP contribution < -0.4 is 5.32 Å². The van der Waals surface area contributed by atoms with Crippen molar-refractivity contribution < 1.29 is 4.79 Å². The minimum absolute atomic E-state index is 0.0467. The Morgan fingerprint density at radius 1 is 1.21 bits per heavy atom. The predicted octanol–water partition coefficient (Wildman–Crippen LogP) is 4.27. The van der Waals surface area contributed by atoms with E-state index >= 15 is 0 Å². The van der Waals surface area contributed by atoms with Gasteiger partial charge in [-0.3, -0.25) is 4.79 Å². The lowest BCUT2D eigenvalue weighted by Crippen LogP contribution is -2.25. The number of hydrogen-bond acceptors (Lipinski definition) is 4. The molecule has 1 heterocycles. The van der Waals surface area contributed by atoms with Crippen molar-refractivity contribution in [3.8, 4) is 0 Å². The molecule has 0 spiro atoms. The smallest absolute Gasteiger partial charge is 0.239 e. The Balaban J connectivity index is 1.63. The van der Waals surface area contributed by atoms with Crippen LogP contribution in [0.1, 0.15) is 11.1 Å². The Labute approximate surface area is 157 Å². The monoisotopic (exact) mass is 421 g/mol. The molecule has 1 amide bonds. The second-order valence-electron chi connectivity index (χ2n) is 5.10. The fourth-order valence-corrected chi connectivity index (χ4v) is 3.56. The Kier molecular flexibility index (Phi) is 5.71. The van der Waals surface area contributed by atoms with E-state index in [0.717, 1.165) is 15.6 Å². The standard InChI is InChI=1S/C17H13BrClN3OS/c18-13-7-5-11(6-8-13)9-15-16(23)21-17(24-15)22-20-10-12-3-1-2-4-14(12)19/h1-8,10,15H,9H2,(H,21,22,23). The molecular formula is C17H13BrClN3OS. The first-order chi connectivity index (χ1) is 11.6. The van der Waals surface area contributed by atoms with Gasteiger partial charge in [-0.1, -0.05) is 69.6 Å². The molecule has 1 N–H and O–H groups in total. The summed E-state index contributed by atoms with van der Waals surface area (Å²) in [6.45, 7) is 0. The molecule has 0 radical (unpaired) electrons. The predicted molar refractivity (Wildman–Crippen MR) is 104 cm³/mol. The van der Waals surface area contributed by atoms with Gasteiger partial charge in [0.05, 0.1) is 11.5 Å². The number of thioether (sulfide) groups is 1. The number of nitrogens with one attached hydrogen (secondary N) is 1. The van der Waals surface area contributed by atoms with Crippen molar-refractivity contribution >= 4 is 56.6 Å². The molecular weight excluding hydrogens is 410 g/mol. The molecule has 1 aliphatic heterocycles. The normalized spacial score (nSPS) is 19.2. The topological polar surface area (TPSA) is 53.8 Å². The van der Waals surface area contributed by atoms with E-state index in [1.54, 1.807) is 12.3 Å². The van der Waals surface area contributed by atoms with Crippen LogP contribution in [0.2, 0.25) is 5.02 Å². The number of carbonyl (C=O) groups excluding carboxylic acids is 1. The lowest BCUT2D eigenvalue weighted by Gasteiger charge is -2.05. The number of halogens is 2. The van der Waals surface area contributed by atoms with Gasteiger partial charge in [-0.05, 0) is 30.2 Å². The number of rotatable bonds is 4. The van der Waals surface area contributed by atoms with Crippen LogP contribution in [-0.2, 0) is 11.2 Å². The summed E-state index contributed by atoms with van der Waals surface area (Å²) in [4.78, 5) is 12.0. The van der Waals surface area contributed by atoms with Gasteiger partial charge in [0.15, 0.2) is 5.17 Å². The highest BCUT2D eigenvalue weighted by Crippen LogP contribution is 2.24. The van der Waals surface area contributed by atoms with Gasteiger partial charge in [0.2, 0.25) is 5.91 Å². The quantitative estimate of drug-likeness (QED) is 0.591. The van der Waals surface area contributed by atoms with Gasteiger partial charge in [0, 0.05) is 15.1 Å². The largest absolute Gasteiger partial charge is 0.303 e. The first kappa shape index (κ1) is 17.2. The van der Waals surface area contributed by atoms with Gasteiger partial charge in [0.25, 0.3) is 0 Å². The van der Waals surface area contributed by atoms with E-state index in [0.29, 0.717) is 16.6 Å². The Hall–Kier alpha value is -1.63. The summed E-state index contributed by atoms with van der Waals surface area (Å²) < 4.78 is 1.02. The summed E-state index contributed by atoms with van der Waals surface area (Å²) in [6, 6.07) is 15.3. The van der Waals surface area contributed by atoms with Gasteiger partial charge >= 0.3 is 0 Å². The molecule has 1 fully saturated rings. The van der Waals surface area contributed by atoms with Gasteiger partial charge in [0.1, 0.15) is 0 Å². The average molecular weight is 423 g/mol. The molecule has 1 unspecified atom stereocenters. The third-order valence-corrected chi connectivity index (χ3v) is 5.31. The molecule has 1 aliphatic rings. The molecule has 3 rings (SSSR count). The highest BCUT2D eigenvalue weighted by molar-refractivity contribution is 9.10. The van der Waals surface area contributed by atoms with E-state index in [4.69, 9.17) is 11.6 Å². The van der Waals surface area contributed by atoms with Crippen LogP contribution in [0.4, 0.5) is 0 Å². The van der Waals surface area contributed by atoms with Crippen LogP contribution in [0.15, 0.2) is 63.2 Å². The summed E-state index contributed by atoms with van der Waals surface area (Å²) >= 11 is 10.8. The zero-order valence-electron chi connectivity index (χ0n) is 12.4. The summed E-state index contributed by atoms with van der Waals surface area (Å²) in [7, 11) is 0. The second kappa shape index (κ2) is 7.96. The van der Waals surface area contributed by atoms with E-state index in [1.165, 1.54) is 11.8 Å². The summed E-state index contributed by atoms with van der Waals surface area (Å²) in [6.07, 6.45) is 2.22. The highest BCUT2D eigenvalue weighted by Gasteiger charge is 2.30. The van der Waals surface area contributed by atoms with E-state index in [1.807, 2.05) is 42.5 Å². The number of carbonyl (C=O) groups is 1. The van der Waals surface area contributed by atoms with Crippen molar-refractivity contribution in [2.75, 3.05) is 0 Å².